The predicted molar refractivity (Wildman–Crippen MR) is 94.8 cm³/mol. The summed E-state index contributed by atoms with van der Waals surface area (Å²) < 4.78 is 19.1. The molecule has 0 amide bonds. The fraction of sp³-hybridized carbons (Fsp3) is 0.0526. The highest BCUT2D eigenvalue weighted by molar-refractivity contribution is 5.78. The van der Waals surface area contributed by atoms with E-state index in [4.69, 9.17) is 4.74 Å². The largest absolute Gasteiger partial charge is 0.463 e. The Morgan fingerprint density at radius 1 is 1.00 bits per heavy atom. The van der Waals surface area contributed by atoms with Crippen LogP contribution in [0.25, 0.3) is 16.8 Å². The molecule has 2 aromatic carbocycles. The number of alkyl halides is 1. The predicted octanol–water partition coefficient (Wildman–Crippen LogP) is 4.45. The molecule has 4 rings (SSSR count). The van der Waals surface area contributed by atoms with Crippen molar-refractivity contribution in [2.75, 3.05) is 12.2 Å². The summed E-state index contributed by atoms with van der Waals surface area (Å²) in [5, 5.41) is 7.64. The fourth-order valence-electron chi connectivity index (χ4n) is 2.65. The van der Waals surface area contributed by atoms with Gasteiger partial charge in [-0.15, -0.1) is 5.10 Å². The van der Waals surface area contributed by atoms with E-state index in [0.29, 0.717) is 17.3 Å². The second-order valence-electron chi connectivity index (χ2n) is 5.40. The molecule has 0 saturated carbocycles. The van der Waals surface area contributed by atoms with E-state index in [1.807, 2.05) is 60.8 Å². The van der Waals surface area contributed by atoms with Gasteiger partial charge in [-0.2, -0.15) is 4.98 Å². The lowest BCUT2D eigenvalue weighted by molar-refractivity contribution is 0.192. The Bertz CT molecular complexity index is 1000. The summed E-state index contributed by atoms with van der Waals surface area (Å²) in [6.07, 6.45) is 1.84. The van der Waals surface area contributed by atoms with Crippen LogP contribution >= 0.6 is 0 Å². The number of ether oxygens (including phenoxy) is 1. The monoisotopic (exact) mass is 334 g/mol. The smallest absolute Gasteiger partial charge is 0.247 e. The summed E-state index contributed by atoms with van der Waals surface area (Å²) in [5.41, 5.74) is 3.40. The first kappa shape index (κ1) is 15.1. The van der Waals surface area contributed by atoms with Crippen LogP contribution in [0.4, 0.5) is 16.0 Å². The molecule has 0 bridgehead atoms. The van der Waals surface area contributed by atoms with Crippen LogP contribution in [-0.2, 0) is 0 Å². The lowest BCUT2D eigenvalue weighted by atomic mass is 10.1. The molecule has 0 unspecified atom stereocenters. The number of pyridine rings is 1. The molecule has 1 N–H and O–H groups in total. The molecule has 2 aromatic heterocycles. The van der Waals surface area contributed by atoms with E-state index in [9.17, 15) is 4.39 Å². The van der Waals surface area contributed by atoms with Gasteiger partial charge in [-0.25, -0.2) is 8.91 Å². The molecule has 0 spiro atoms. The van der Waals surface area contributed by atoms with Gasteiger partial charge in [0.15, 0.2) is 5.65 Å². The molecule has 25 heavy (non-hydrogen) atoms. The van der Waals surface area contributed by atoms with Crippen molar-refractivity contribution in [1.29, 1.82) is 0 Å². The molecular weight excluding hydrogens is 319 g/mol. The van der Waals surface area contributed by atoms with E-state index in [1.54, 1.807) is 16.6 Å². The summed E-state index contributed by atoms with van der Waals surface area (Å²) >= 11 is 0. The second kappa shape index (κ2) is 6.60. The van der Waals surface area contributed by atoms with Crippen molar-refractivity contribution in [3.05, 3.63) is 72.9 Å². The first-order valence-corrected chi connectivity index (χ1v) is 7.80. The van der Waals surface area contributed by atoms with Crippen LogP contribution in [0.2, 0.25) is 0 Å². The Morgan fingerprint density at radius 2 is 1.88 bits per heavy atom. The maximum absolute atomic E-state index is 12.4. The van der Waals surface area contributed by atoms with Crippen molar-refractivity contribution in [2.24, 2.45) is 0 Å². The normalized spacial score (nSPS) is 10.8. The topological polar surface area (TPSA) is 51.5 Å². The maximum Gasteiger partial charge on any atom is 0.247 e. The molecule has 0 fully saturated rings. The lowest BCUT2D eigenvalue weighted by Gasteiger charge is -2.06. The minimum atomic E-state index is -0.857. The van der Waals surface area contributed by atoms with Crippen LogP contribution in [0.3, 0.4) is 0 Å². The number of nitrogens with zero attached hydrogens (tertiary/aromatic N) is 3. The lowest BCUT2D eigenvalue weighted by Crippen LogP contribution is -1.92. The Labute approximate surface area is 143 Å². The quantitative estimate of drug-likeness (QED) is 0.586. The summed E-state index contributed by atoms with van der Waals surface area (Å²) in [7, 11) is 0. The number of hydrogen-bond donors (Lipinski definition) is 1. The summed E-state index contributed by atoms with van der Waals surface area (Å²) in [4.78, 5) is 4.59. The van der Waals surface area contributed by atoms with E-state index in [1.165, 1.54) is 0 Å². The minimum absolute atomic E-state index is 0.476. The summed E-state index contributed by atoms with van der Waals surface area (Å²) in [6.45, 7) is -0.857. The molecule has 0 aliphatic carbocycles. The van der Waals surface area contributed by atoms with Gasteiger partial charge in [0, 0.05) is 17.4 Å². The number of aromatic nitrogens is 3. The fourth-order valence-corrected chi connectivity index (χ4v) is 2.65. The Morgan fingerprint density at radius 3 is 2.72 bits per heavy atom. The van der Waals surface area contributed by atoms with Gasteiger partial charge in [-0.05, 0) is 42.0 Å². The van der Waals surface area contributed by atoms with Crippen LogP contribution in [0.15, 0.2) is 72.9 Å². The van der Waals surface area contributed by atoms with Gasteiger partial charge in [0.25, 0.3) is 0 Å². The third-order valence-electron chi connectivity index (χ3n) is 3.76. The second-order valence-corrected chi connectivity index (χ2v) is 5.40. The number of halogens is 1. The SMILES string of the molecule is FCOc1cccc(-c2cccn3nc(Nc4ccccc4)nc23)c1. The first-order chi connectivity index (χ1) is 12.3. The van der Waals surface area contributed by atoms with Gasteiger partial charge in [0.05, 0.1) is 0 Å². The zero-order valence-electron chi connectivity index (χ0n) is 13.3. The third-order valence-corrected chi connectivity index (χ3v) is 3.76. The van der Waals surface area contributed by atoms with Crippen molar-refractivity contribution in [3.8, 4) is 16.9 Å². The number of anilines is 2. The first-order valence-electron chi connectivity index (χ1n) is 7.80. The summed E-state index contributed by atoms with van der Waals surface area (Å²) in [5.74, 6) is 0.985. The molecule has 5 nitrogen and oxygen atoms in total. The molecular formula is C19H15FN4O. The van der Waals surface area contributed by atoms with E-state index >= 15 is 0 Å². The van der Waals surface area contributed by atoms with E-state index in [0.717, 1.165) is 16.8 Å². The van der Waals surface area contributed by atoms with Gasteiger partial charge in [0.1, 0.15) is 5.75 Å². The van der Waals surface area contributed by atoms with Crippen LogP contribution in [0.1, 0.15) is 0 Å². The molecule has 0 aliphatic heterocycles. The van der Waals surface area contributed by atoms with Gasteiger partial charge < -0.3 is 10.1 Å². The van der Waals surface area contributed by atoms with Crippen molar-refractivity contribution in [1.82, 2.24) is 14.6 Å². The number of nitrogens with one attached hydrogen (secondary N) is 1. The van der Waals surface area contributed by atoms with E-state index < -0.39 is 6.86 Å². The molecule has 0 aliphatic rings. The zero-order valence-corrected chi connectivity index (χ0v) is 13.3. The van der Waals surface area contributed by atoms with Gasteiger partial charge in [0.2, 0.25) is 12.8 Å². The molecule has 0 atom stereocenters. The van der Waals surface area contributed by atoms with Crippen LogP contribution in [0, 0.1) is 0 Å². The Balaban J connectivity index is 1.74. The number of hydrogen-bond acceptors (Lipinski definition) is 4. The summed E-state index contributed by atoms with van der Waals surface area (Å²) in [6, 6.07) is 20.8. The van der Waals surface area contributed by atoms with Gasteiger partial charge in [-0.3, -0.25) is 0 Å². The minimum Gasteiger partial charge on any atom is -0.463 e. The van der Waals surface area contributed by atoms with Crippen molar-refractivity contribution in [3.63, 3.8) is 0 Å². The van der Waals surface area contributed by atoms with Crippen molar-refractivity contribution >= 4 is 17.3 Å². The molecule has 6 heteroatoms. The average molecular weight is 334 g/mol. The maximum atomic E-state index is 12.4. The molecule has 2 heterocycles. The van der Waals surface area contributed by atoms with Crippen LogP contribution < -0.4 is 10.1 Å². The van der Waals surface area contributed by atoms with Crippen molar-refractivity contribution < 1.29 is 9.13 Å². The number of para-hydroxylation sites is 1. The van der Waals surface area contributed by atoms with E-state index in [-0.39, 0.29) is 0 Å². The van der Waals surface area contributed by atoms with Crippen LogP contribution in [0.5, 0.6) is 5.75 Å². The van der Waals surface area contributed by atoms with Gasteiger partial charge >= 0.3 is 0 Å². The van der Waals surface area contributed by atoms with Crippen LogP contribution in [-0.4, -0.2) is 21.5 Å². The number of benzene rings is 2. The van der Waals surface area contributed by atoms with Crippen molar-refractivity contribution in [2.45, 2.75) is 0 Å². The average Bonchev–Trinajstić information content (AvgIpc) is 3.05. The number of fused-ring (bicyclic) bond motifs is 1. The zero-order chi connectivity index (χ0) is 17.1. The highest BCUT2D eigenvalue weighted by Crippen LogP contribution is 2.27. The Hall–Kier alpha value is -3.41. The molecule has 0 saturated heterocycles. The third kappa shape index (κ3) is 3.14. The Kier molecular flexibility index (Phi) is 4.00. The molecule has 0 radical (unpaired) electrons. The standard InChI is InChI=1S/C19H15FN4O/c20-13-25-16-9-4-6-14(12-16)17-10-5-11-24-18(17)22-19(23-24)21-15-7-2-1-3-8-15/h1-12H,13H2,(H,21,23). The number of rotatable bonds is 5. The van der Waals surface area contributed by atoms with E-state index in [2.05, 4.69) is 15.4 Å². The highest BCUT2D eigenvalue weighted by atomic mass is 19.1. The highest BCUT2D eigenvalue weighted by Gasteiger charge is 2.10. The van der Waals surface area contributed by atoms with Gasteiger partial charge in [-0.1, -0.05) is 30.3 Å². The molecule has 4 aromatic rings. The molecule has 124 valence electrons.